The SMILES string of the molecule is CC1=C([O-])CC[C@]2(C)CCCC[C@@H]12.[Li+]. The summed E-state index contributed by atoms with van der Waals surface area (Å²) in [7, 11) is 0. The van der Waals surface area contributed by atoms with Crippen molar-refractivity contribution in [2.24, 2.45) is 11.3 Å². The van der Waals surface area contributed by atoms with E-state index in [1.165, 1.54) is 31.3 Å². The van der Waals surface area contributed by atoms with Crippen molar-refractivity contribution < 1.29 is 24.0 Å². The second-order valence-corrected chi connectivity index (χ2v) is 5.06. The summed E-state index contributed by atoms with van der Waals surface area (Å²) in [6, 6.07) is 0. The molecule has 0 aromatic heterocycles. The minimum absolute atomic E-state index is 0. The van der Waals surface area contributed by atoms with E-state index >= 15 is 0 Å². The first-order valence-corrected chi connectivity index (χ1v) is 5.50. The van der Waals surface area contributed by atoms with E-state index < -0.39 is 0 Å². The third-order valence-corrected chi connectivity index (χ3v) is 4.22. The number of allylic oxidation sites excluding steroid dienone is 2. The Balaban J connectivity index is 0.000000980. The van der Waals surface area contributed by atoms with Gasteiger partial charge in [0.25, 0.3) is 0 Å². The molecule has 0 heterocycles. The Morgan fingerprint density at radius 2 is 2.00 bits per heavy atom. The fraction of sp³-hybridized carbons (Fsp3) is 0.833. The van der Waals surface area contributed by atoms with E-state index in [1.807, 2.05) is 0 Å². The fourth-order valence-electron chi connectivity index (χ4n) is 3.23. The van der Waals surface area contributed by atoms with E-state index in [-0.39, 0.29) is 18.9 Å². The van der Waals surface area contributed by atoms with E-state index in [0.29, 0.717) is 17.1 Å². The maximum atomic E-state index is 11.6. The number of hydrogen-bond acceptors (Lipinski definition) is 1. The Morgan fingerprint density at radius 3 is 2.71 bits per heavy atom. The maximum Gasteiger partial charge on any atom is 1.00 e. The van der Waals surface area contributed by atoms with Crippen LogP contribution in [-0.4, -0.2) is 0 Å². The quantitative estimate of drug-likeness (QED) is 0.473. The summed E-state index contributed by atoms with van der Waals surface area (Å²) in [6.45, 7) is 4.45. The summed E-state index contributed by atoms with van der Waals surface area (Å²) in [5.41, 5.74) is 1.64. The van der Waals surface area contributed by atoms with Crippen LogP contribution in [0.25, 0.3) is 0 Å². The molecule has 1 saturated carbocycles. The smallest absolute Gasteiger partial charge is 0.875 e. The summed E-state index contributed by atoms with van der Waals surface area (Å²) in [5, 5.41) is 11.6. The summed E-state index contributed by atoms with van der Waals surface area (Å²) >= 11 is 0. The standard InChI is InChI=1S/C12H20O.Li/c1-9-10-5-3-4-7-12(10,2)8-6-11(9)13;/h10,13H,3-8H2,1-2H3;/q;+1/p-1/t10-,12-;/m0./s1. The molecule has 0 saturated heterocycles. The van der Waals surface area contributed by atoms with Crippen LogP contribution in [0.4, 0.5) is 0 Å². The molecule has 74 valence electrons. The molecule has 0 aromatic carbocycles. The zero-order valence-corrected chi connectivity index (χ0v) is 9.73. The largest absolute Gasteiger partial charge is 1.00 e. The summed E-state index contributed by atoms with van der Waals surface area (Å²) in [5.74, 6) is 1.05. The van der Waals surface area contributed by atoms with Gasteiger partial charge in [0, 0.05) is 0 Å². The van der Waals surface area contributed by atoms with Crippen LogP contribution >= 0.6 is 0 Å². The minimum atomic E-state index is 0. The summed E-state index contributed by atoms with van der Waals surface area (Å²) in [6.07, 6.45) is 7.22. The van der Waals surface area contributed by atoms with Crippen LogP contribution in [0.2, 0.25) is 0 Å². The Kier molecular flexibility index (Phi) is 3.78. The normalized spacial score (nSPS) is 37.4. The van der Waals surface area contributed by atoms with Gasteiger partial charge in [-0.3, -0.25) is 0 Å². The third-order valence-electron chi connectivity index (χ3n) is 4.22. The molecule has 0 N–H and O–H groups in total. The molecule has 2 aliphatic rings. The average Bonchev–Trinajstić information content (AvgIpc) is 2.12. The topological polar surface area (TPSA) is 23.1 Å². The first-order valence-electron chi connectivity index (χ1n) is 5.50. The minimum Gasteiger partial charge on any atom is -0.875 e. The molecule has 1 nitrogen and oxygen atoms in total. The van der Waals surface area contributed by atoms with Gasteiger partial charge in [-0.25, -0.2) is 0 Å². The zero-order valence-electron chi connectivity index (χ0n) is 9.73. The van der Waals surface area contributed by atoms with E-state index in [9.17, 15) is 5.11 Å². The van der Waals surface area contributed by atoms with Gasteiger partial charge in [0.15, 0.2) is 0 Å². The third kappa shape index (κ3) is 1.90. The van der Waals surface area contributed by atoms with Crippen LogP contribution in [0.15, 0.2) is 11.3 Å². The molecule has 2 rings (SSSR count). The van der Waals surface area contributed by atoms with Crippen LogP contribution in [0.3, 0.4) is 0 Å². The maximum absolute atomic E-state index is 11.6. The molecule has 0 radical (unpaired) electrons. The van der Waals surface area contributed by atoms with Gasteiger partial charge >= 0.3 is 18.9 Å². The van der Waals surface area contributed by atoms with Gasteiger partial charge in [-0.1, -0.05) is 25.3 Å². The first kappa shape index (κ1) is 12.2. The molecule has 0 aliphatic heterocycles. The second-order valence-electron chi connectivity index (χ2n) is 5.06. The number of fused-ring (bicyclic) bond motifs is 1. The van der Waals surface area contributed by atoms with Crippen molar-refractivity contribution in [3.63, 3.8) is 0 Å². The Bertz CT molecular complexity index is 247. The van der Waals surface area contributed by atoms with Crippen LogP contribution in [0, 0.1) is 11.3 Å². The van der Waals surface area contributed by atoms with E-state index in [4.69, 9.17) is 0 Å². The van der Waals surface area contributed by atoms with Crippen LogP contribution < -0.4 is 24.0 Å². The van der Waals surface area contributed by atoms with Crippen LogP contribution in [0.1, 0.15) is 52.4 Å². The first-order chi connectivity index (χ1) is 6.13. The Labute approximate surface area is 99.1 Å². The van der Waals surface area contributed by atoms with E-state index in [2.05, 4.69) is 13.8 Å². The average molecular weight is 186 g/mol. The molecule has 14 heavy (non-hydrogen) atoms. The molecule has 2 atom stereocenters. The van der Waals surface area contributed by atoms with Crippen molar-refractivity contribution in [2.45, 2.75) is 52.4 Å². The van der Waals surface area contributed by atoms with Gasteiger partial charge in [0.05, 0.1) is 0 Å². The van der Waals surface area contributed by atoms with Crippen LogP contribution in [-0.2, 0) is 0 Å². The summed E-state index contributed by atoms with van der Waals surface area (Å²) < 4.78 is 0. The van der Waals surface area contributed by atoms with Gasteiger partial charge in [0.1, 0.15) is 0 Å². The zero-order chi connectivity index (χ0) is 9.47. The Hall–Kier alpha value is 0.137. The molecule has 0 spiro atoms. The fourth-order valence-corrected chi connectivity index (χ4v) is 3.23. The molecule has 2 aliphatic carbocycles. The van der Waals surface area contributed by atoms with Gasteiger partial charge in [-0.15, -0.1) is 5.76 Å². The monoisotopic (exact) mass is 186 g/mol. The van der Waals surface area contributed by atoms with Gasteiger partial charge in [0.2, 0.25) is 0 Å². The Morgan fingerprint density at radius 1 is 1.29 bits per heavy atom. The van der Waals surface area contributed by atoms with E-state index in [0.717, 1.165) is 12.8 Å². The van der Waals surface area contributed by atoms with Crippen molar-refractivity contribution in [2.75, 3.05) is 0 Å². The molecular formula is C12H19LiO. The predicted molar refractivity (Wildman–Crippen MR) is 52.0 cm³/mol. The molecule has 1 fully saturated rings. The number of hydrogen-bond donors (Lipinski definition) is 0. The molecule has 0 aromatic rings. The molecule has 0 amide bonds. The molecule has 0 bridgehead atoms. The van der Waals surface area contributed by atoms with Gasteiger partial charge < -0.3 is 5.11 Å². The van der Waals surface area contributed by atoms with Crippen LogP contribution in [0.5, 0.6) is 0 Å². The van der Waals surface area contributed by atoms with Gasteiger partial charge in [-0.2, -0.15) is 0 Å². The molecular weight excluding hydrogens is 167 g/mol. The molecule has 2 heteroatoms. The predicted octanol–water partition coefficient (Wildman–Crippen LogP) is -0.385. The van der Waals surface area contributed by atoms with E-state index in [1.54, 1.807) is 0 Å². The van der Waals surface area contributed by atoms with Crippen molar-refractivity contribution >= 4 is 0 Å². The molecule has 0 unspecified atom stereocenters. The van der Waals surface area contributed by atoms with Gasteiger partial charge in [-0.05, 0) is 43.9 Å². The number of rotatable bonds is 0. The van der Waals surface area contributed by atoms with Crippen molar-refractivity contribution in [1.82, 2.24) is 0 Å². The van der Waals surface area contributed by atoms with Crippen molar-refractivity contribution in [3.8, 4) is 0 Å². The van der Waals surface area contributed by atoms with Crippen molar-refractivity contribution in [1.29, 1.82) is 0 Å². The summed E-state index contributed by atoms with van der Waals surface area (Å²) in [4.78, 5) is 0. The second kappa shape index (κ2) is 4.33. The van der Waals surface area contributed by atoms with Crippen molar-refractivity contribution in [3.05, 3.63) is 11.3 Å².